The molecule has 0 fully saturated rings. The van der Waals surface area contributed by atoms with Crippen LogP contribution in [-0.2, 0) is 4.74 Å². The summed E-state index contributed by atoms with van der Waals surface area (Å²) >= 11 is 1.13. The standard InChI is InChI=1S/C12H12N4O4S/c1-3-20-11(17)8-4-5-9(10(6-8)16(18)19)15-12(21-2)14-7-13/h4-6H,3H2,1-2H3,(H,14,15). The van der Waals surface area contributed by atoms with Gasteiger partial charge in [0.1, 0.15) is 5.69 Å². The van der Waals surface area contributed by atoms with Crippen LogP contribution in [0.5, 0.6) is 0 Å². The first-order valence-electron chi connectivity index (χ1n) is 5.76. The molecule has 0 atom stereocenters. The molecule has 0 heterocycles. The maximum Gasteiger partial charge on any atom is 0.338 e. The molecule has 1 N–H and O–H groups in total. The quantitative estimate of drug-likeness (QED) is 0.172. The summed E-state index contributed by atoms with van der Waals surface area (Å²) in [6.45, 7) is 1.82. The van der Waals surface area contributed by atoms with Gasteiger partial charge in [-0.2, -0.15) is 5.26 Å². The van der Waals surface area contributed by atoms with E-state index in [1.54, 1.807) is 19.4 Å². The molecule has 0 unspecified atom stereocenters. The van der Waals surface area contributed by atoms with Gasteiger partial charge in [-0.1, -0.05) is 11.8 Å². The molecule has 0 bridgehead atoms. The molecule has 1 rings (SSSR count). The Hall–Kier alpha value is -2.60. The lowest BCUT2D eigenvalue weighted by Crippen LogP contribution is -2.12. The van der Waals surface area contributed by atoms with E-state index in [1.807, 2.05) is 0 Å². The van der Waals surface area contributed by atoms with Crippen LogP contribution in [0.1, 0.15) is 17.3 Å². The highest BCUT2D eigenvalue weighted by Gasteiger charge is 2.18. The number of ether oxygens (including phenoxy) is 1. The zero-order valence-electron chi connectivity index (χ0n) is 11.3. The normalized spacial score (nSPS) is 10.6. The van der Waals surface area contributed by atoms with Gasteiger partial charge in [0.25, 0.3) is 5.69 Å². The first-order chi connectivity index (χ1) is 10.0. The van der Waals surface area contributed by atoms with E-state index in [0.717, 1.165) is 17.8 Å². The van der Waals surface area contributed by atoms with Gasteiger partial charge in [-0.15, -0.1) is 0 Å². The van der Waals surface area contributed by atoms with Crippen molar-refractivity contribution in [3.8, 4) is 6.19 Å². The molecule has 0 aliphatic heterocycles. The van der Waals surface area contributed by atoms with Crippen LogP contribution in [0.3, 0.4) is 0 Å². The predicted octanol–water partition coefficient (Wildman–Crippen LogP) is 2.19. The minimum absolute atomic E-state index is 0.0418. The van der Waals surface area contributed by atoms with Crippen LogP contribution in [0.4, 0.5) is 11.4 Å². The van der Waals surface area contributed by atoms with Gasteiger partial charge in [0, 0.05) is 6.07 Å². The number of nitrogens with one attached hydrogen (secondary N) is 1. The average Bonchev–Trinajstić information content (AvgIpc) is 2.47. The van der Waals surface area contributed by atoms with Crippen molar-refractivity contribution in [2.75, 3.05) is 12.9 Å². The third-order valence-electron chi connectivity index (χ3n) is 2.26. The second kappa shape index (κ2) is 7.86. The second-order valence-electron chi connectivity index (χ2n) is 3.54. The van der Waals surface area contributed by atoms with E-state index in [2.05, 4.69) is 10.3 Å². The number of benzene rings is 1. The van der Waals surface area contributed by atoms with Crippen LogP contribution in [0.15, 0.2) is 23.2 Å². The van der Waals surface area contributed by atoms with Crippen molar-refractivity contribution in [1.82, 2.24) is 5.32 Å². The average molecular weight is 308 g/mol. The monoisotopic (exact) mass is 308 g/mol. The van der Waals surface area contributed by atoms with Crippen LogP contribution in [-0.4, -0.2) is 28.9 Å². The molecular formula is C12H12N4O4S. The van der Waals surface area contributed by atoms with Crippen molar-refractivity contribution < 1.29 is 14.5 Å². The Bertz CT molecular complexity index is 624. The lowest BCUT2D eigenvalue weighted by molar-refractivity contribution is -0.384. The second-order valence-corrected chi connectivity index (χ2v) is 4.33. The molecular weight excluding hydrogens is 296 g/mol. The highest BCUT2D eigenvalue weighted by molar-refractivity contribution is 8.13. The van der Waals surface area contributed by atoms with Gasteiger partial charge >= 0.3 is 5.97 Å². The van der Waals surface area contributed by atoms with Crippen molar-refractivity contribution >= 4 is 34.3 Å². The van der Waals surface area contributed by atoms with Gasteiger partial charge in [-0.3, -0.25) is 15.4 Å². The first-order valence-corrected chi connectivity index (χ1v) is 6.99. The Balaban J connectivity index is 3.26. The fourth-order valence-corrected chi connectivity index (χ4v) is 1.72. The van der Waals surface area contributed by atoms with Crippen molar-refractivity contribution in [1.29, 1.82) is 5.26 Å². The number of hydrogen-bond donors (Lipinski definition) is 1. The van der Waals surface area contributed by atoms with E-state index in [1.165, 1.54) is 12.1 Å². The Morgan fingerprint density at radius 1 is 1.62 bits per heavy atom. The highest BCUT2D eigenvalue weighted by atomic mass is 32.2. The number of carbonyl (C=O) groups is 1. The maximum absolute atomic E-state index is 11.6. The molecule has 8 nitrogen and oxygen atoms in total. The van der Waals surface area contributed by atoms with E-state index in [4.69, 9.17) is 10.00 Å². The number of carbonyl (C=O) groups excluding carboxylic acids is 1. The number of esters is 1. The summed E-state index contributed by atoms with van der Waals surface area (Å²) in [7, 11) is 0. The summed E-state index contributed by atoms with van der Waals surface area (Å²) in [4.78, 5) is 26.0. The van der Waals surface area contributed by atoms with Gasteiger partial charge < -0.3 is 4.74 Å². The number of nitriles is 1. The molecule has 0 saturated carbocycles. The van der Waals surface area contributed by atoms with E-state index >= 15 is 0 Å². The summed E-state index contributed by atoms with van der Waals surface area (Å²) in [6, 6.07) is 3.81. The van der Waals surface area contributed by atoms with Crippen LogP contribution in [0.2, 0.25) is 0 Å². The number of amidine groups is 1. The zero-order valence-corrected chi connectivity index (χ0v) is 12.1. The Morgan fingerprint density at radius 3 is 2.86 bits per heavy atom. The Labute approximate surface area is 125 Å². The number of thioether (sulfide) groups is 1. The molecule has 9 heteroatoms. The molecule has 0 aliphatic rings. The third-order valence-corrected chi connectivity index (χ3v) is 2.84. The largest absolute Gasteiger partial charge is 0.462 e. The minimum atomic E-state index is -0.647. The molecule has 0 radical (unpaired) electrons. The Kier molecular flexibility index (Phi) is 6.16. The van der Waals surface area contributed by atoms with Crippen molar-refractivity contribution in [3.63, 3.8) is 0 Å². The number of aliphatic imine (C=N–C) groups is 1. The number of rotatable bonds is 4. The van der Waals surface area contributed by atoms with Gasteiger partial charge in [-0.25, -0.2) is 9.79 Å². The van der Waals surface area contributed by atoms with E-state index in [9.17, 15) is 14.9 Å². The third kappa shape index (κ3) is 4.47. The summed E-state index contributed by atoms with van der Waals surface area (Å²) in [5.74, 6) is -0.642. The van der Waals surface area contributed by atoms with Crippen LogP contribution < -0.4 is 5.32 Å². The molecule has 110 valence electrons. The summed E-state index contributed by atoms with van der Waals surface area (Å²) < 4.78 is 4.79. The number of hydrogen-bond acceptors (Lipinski definition) is 7. The molecule has 1 aromatic rings. The fraction of sp³-hybridized carbons (Fsp3) is 0.250. The molecule has 0 aliphatic carbocycles. The predicted molar refractivity (Wildman–Crippen MR) is 78.4 cm³/mol. The molecule has 0 aromatic heterocycles. The summed E-state index contributed by atoms with van der Waals surface area (Å²) in [5, 5.41) is 22.1. The van der Waals surface area contributed by atoms with E-state index < -0.39 is 10.9 Å². The highest BCUT2D eigenvalue weighted by Crippen LogP contribution is 2.29. The molecule has 1 aromatic carbocycles. The Morgan fingerprint density at radius 2 is 2.33 bits per heavy atom. The van der Waals surface area contributed by atoms with Gasteiger partial charge in [0.05, 0.1) is 17.1 Å². The zero-order chi connectivity index (χ0) is 15.8. The van der Waals surface area contributed by atoms with E-state index in [0.29, 0.717) is 0 Å². The van der Waals surface area contributed by atoms with Crippen LogP contribution in [0, 0.1) is 21.6 Å². The number of nitrogens with zero attached hydrogens (tertiary/aromatic N) is 3. The van der Waals surface area contributed by atoms with E-state index in [-0.39, 0.29) is 28.7 Å². The van der Waals surface area contributed by atoms with Crippen LogP contribution in [0.25, 0.3) is 0 Å². The smallest absolute Gasteiger partial charge is 0.338 e. The molecule has 0 amide bonds. The number of nitro groups is 1. The molecule has 21 heavy (non-hydrogen) atoms. The maximum atomic E-state index is 11.6. The van der Waals surface area contributed by atoms with Crippen molar-refractivity contribution in [2.24, 2.45) is 4.99 Å². The fourth-order valence-electron chi connectivity index (χ4n) is 1.39. The SMILES string of the molecule is CCOC(=O)c1ccc(N=C(NC#N)SC)c([N+](=O)[O-])c1. The van der Waals surface area contributed by atoms with Crippen molar-refractivity contribution in [2.45, 2.75) is 6.92 Å². The number of nitro benzene ring substituents is 1. The minimum Gasteiger partial charge on any atom is -0.462 e. The van der Waals surface area contributed by atoms with Crippen LogP contribution >= 0.6 is 11.8 Å². The molecule has 0 saturated heterocycles. The molecule has 0 spiro atoms. The summed E-state index contributed by atoms with van der Waals surface area (Å²) in [5.41, 5.74) is -0.228. The summed E-state index contributed by atoms with van der Waals surface area (Å²) in [6.07, 6.45) is 3.36. The topological polar surface area (TPSA) is 118 Å². The van der Waals surface area contributed by atoms with Crippen molar-refractivity contribution in [3.05, 3.63) is 33.9 Å². The van der Waals surface area contributed by atoms with Gasteiger partial charge in [0.2, 0.25) is 0 Å². The first kappa shape index (κ1) is 16.5. The lowest BCUT2D eigenvalue weighted by Gasteiger charge is -2.04. The van der Waals surface area contributed by atoms with Gasteiger partial charge in [0.15, 0.2) is 11.4 Å². The van der Waals surface area contributed by atoms with Gasteiger partial charge in [-0.05, 0) is 25.3 Å². The lowest BCUT2D eigenvalue weighted by atomic mass is 10.2.